The summed E-state index contributed by atoms with van der Waals surface area (Å²) in [7, 11) is 0. The van der Waals surface area contributed by atoms with E-state index in [2.05, 4.69) is 10.3 Å². The van der Waals surface area contributed by atoms with Crippen molar-refractivity contribution in [3.05, 3.63) is 58.8 Å². The maximum Gasteiger partial charge on any atom is 0.348 e. The molecule has 0 aliphatic rings. The number of hydrogen-bond acceptors (Lipinski definition) is 4. The summed E-state index contributed by atoms with van der Waals surface area (Å²) in [6.07, 6.45) is 1.61. The van der Waals surface area contributed by atoms with Crippen molar-refractivity contribution in [2.75, 3.05) is 6.54 Å². The second kappa shape index (κ2) is 7.43. The first-order valence-corrected chi connectivity index (χ1v) is 7.29. The second-order valence-electron chi connectivity index (χ2n) is 4.60. The maximum atomic E-state index is 11.4. The van der Waals surface area contributed by atoms with Gasteiger partial charge in [-0.25, -0.2) is 4.79 Å². The molecule has 2 aromatic rings. The number of nitriles is 1. The van der Waals surface area contributed by atoms with Crippen molar-refractivity contribution in [1.82, 2.24) is 10.3 Å². The van der Waals surface area contributed by atoms with Crippen LogP contribution >= 0.6 is 11.6 Å². The SMILES string of the molecule is CCN/C(=C(/C#N)C(=O)O)c1cccnc1-c1ccc(Cl)cc1. The molecule has 0 spiro atoms. The van der Waals surface area contributed by atoms with Crippen molar-refractivity contribution in [2.24, 2.45) is 0 Å². The molecule has 0 fully saturated rings. The van der Waals surface area contributed by atoms with E-state index in [1.807, 2.05) is 6.92 Å². The summed E-state index contributed by atoms with van der Waals surface area (Å²) in [5.74, 6) is -1.28. The topological polar surface area (TPSA) is 86.0 Å². The standard InChI is InChI=1S/C17H14ClN3O2/c1-2-20-16(14(10-19)17(22)23)13-4-3-9-21-15(13)11-5-7-12(18)8-6-11/h3-9,20H,2H2,1H3,(H,22,23)/b16-14-. The van der Waals surface area contributed by atoms with Gasteiger partial charge in [-0.1, -0.05) is 23.7 Å². The van der Waals surface area contributed by atoms with Crippen LogP contribution in [0.25, 0.3) is 17.0 Å². The van der Waals surface area contributed by atoms with Crippen LogP contribution in [0, 0.1) is 11.3 Å². The highest BCUT2D eigenvalue weighted by molar-refractivity contribution is 6.30. The summed E-state index contributed by atoms with van der Waals surface area (Å²) in [6, 6.07) is 12.2. The molecule has 0 bridgehead atoms. The lowest BCUT2D eigenvalue weighted by atomic mass is 10.0. The van der Waals surface area contributed by atoms with Gasteiger partial charge in [0.05, 0.1) is 11.4 Å². The number of rotatable bonds is 5. The molecule has 0 amide bonds. The predicted molar refractivity (Wildman–Crippen MR) is 88.5 cm³/mol. The number of aliphatic carboxylic acids is 1. The molecule has 5 nitrogen and oxygen atoms in total. The van der Waals surface area contributed by atoms with E-state index in [1.165, 1.54) is 0 Å². The van der Waals surface area contributed by atoms with Crippen molar-refractivity contribution in [2.45, 2.75) is 6.92 Å². The molecule has 0 aliphatic carbocycles. The maximum absolute atomic E-state index is 11.4. The smallest absolute Gasteiger partial charge is 0.348 e. The van der Waals surface area contributed by atoms with Crippen molar-refractivity contribution in [3.8, 4) is 17.3 Å². The van der Waals surface area contributed by atoms with E-state index < -0.39 is 5.97 Å². The highest BCUT2D eigenvalue weighted by Crippen LogP contribution is 2.28. The van der Waals surface area contributed by atoms with Crippen molar-refractivity contribution < 1.29 is 9.90 Å². The number of nitrogens with one attached hydrogen (secondary N) is 1. The average Bonchev–Trinajstić information content (AvgIpc) is 2.55. The van der Waals surface area contributed by atoms with E-state index in [0.29, 0.717) is 22.8 Å². The van der Waals surface area contributed by atoms with E-state index in [-0.39, 0.29) is 11.3 Å². The second-order valence-corrected chi connectivity index (χ2v) is 5.04. The van der Waals surface area contributed by atoms with Gasteiger partial charge in [0.2, 0.25) is 0 Å². The molecule has 0 saturated carbocycles. The third-order valence-corrected chi connectivity index (χ3v) is 3.38. The highest BCUT2D eigenvalue weighted by atomic mass is 35.5. The van der Waals surface area contributed by atoms with Gasteiger partial charge < -0.3 is 10.4 Å². The van der Waals surface area contributed by atoms with Gasteiger partial charge in [-0.3, -0.25) is 4.98 Å². The molecule has 0 saturated heterocycles. The molecule has 116 valence electrons. The quantitative estimate of drug-likeness (QED) is 0.650. The number of carbonyl (C=O) groups is 1. The normalized spacial score (nSPS) is 11.3. The zero-order chi connectivity index (χ0) is 16.8. The van der Waals surface area contributed by atoms with E-state index in [0.717, 1.165) is 5.56 Å². The number of carboxylic acids is 1. The Bertz CT molecular complexity index is 792. The summed E-state index contributed by atoms with van der Waals surface area (Å²) in [6.45, 7) is 2.30. The van der Waals surface area contributed by atoms with Crippen LogP contribution in [0.3, 0.4) is 0 Å². The molecule has 2 N–H and O–H groups in total. The van der Waals surface area contributed by atoms with Gasteiger partial charge in [0.15, 0.2) is 5.57 Å². The lowest BCUT2D eigenvalue weighted by Gasteiger charge is -2.14. The van der Waals surface area contributed by atoms with Crippen LogP contribution in [0.4, 0.5) is 0 Å². The number of carboxylic acid groups (broad SMARTS) is 1. The van der Waals surface area contributed by atoms with E-state index in [1.54, 1.807) is 48.7 Å². The summed E-state index contributed by atoms with van der Waals surface area (Å²) < 4.78 is 0. The molecular weight excluding hydrogens is 314 g/mol. The Kier molecular flexibility index (Phi) is 5.34. The van der Waals surface area contributed by atoms with Gasteiger partial charge in [-0.05, 0) is 31.2 Å². The summed E-state index contributed by atoms with van der Waals surface area (Å²) >= 11 is 5.90. The molecule has 0 radical (unpaired) electrons. The third-order valence-electron chi connectivity index (χ3n) is 3.12. The van der Waals surface area contributed by atoms with Gasteiger partial charge in [0.25, 0.3) is 0 Å². The fraction of sp³-hybridized carbons (Fsp3) is 0.118. The van der Waals surface area contributed by atoms with Gasteiger partial charge in [0.1, 0.15) is 6.07 Å². The summed E-state index contributed by atoms with van der Waals surface area (Å²) in [4.78, 5) is 15.7. The predicted octanol–water partition coefficient (Wildman–Crippen LogP) is 3.33. The van der Waals surface area contributed by atoms with Crippen LogP contribution < -0.4 is 5.32 Å². The number of benzene rings is 1. The van der Waals surface area contributed by atoms with E-state index in [4.69, 9.17) is 11.6 Å². The van der Waals surface area contributed by atoms with Gasteiger partial charge in [-0.2, -0.15) is 5.26 Å². The minimum absolute atomic E-state index is 0.251. The largest absolute Gasteiger partial charge is 0.477 e. The highest BCUT2D eigenvalue weighted by Gasteiger charge is 2.19. The molecule has 1 heterocycles. The number of nitrogens with zero attached hydrogens (tertiary/aromatic N) is 2. The molecule has 1 aromatic carbocycles. The molecule has 23 heavy (non-hydrogen) atoms. The lowest BCUT2D eigenvalue weighted by Crippen LogP contribution is -2.17. The zero-order valence-electron chi connectivity index (χ0n) is 12.4. The number of halogens is 1. The van der Waals surface area contributed by atoms with Crippen LogP contribution in [0.2, 0.25) is 5.02 Å². The molecule has 0 atom stereocenters. The van der Waals surface area contributed by atoms with Crippen LogP contribution in [-0.4, -0.2) is 22.6 Å². The minimum atomic E-state index is -1.28. The van der Waals surface area contributed by atoms with Gasteiger partial charge in [-0.15, -0.1) is 0 Å². The van der Waals surface area contributed by atoms with Crippen molar-refractivity contribution in [3.63, 3.8) is 0 Å². The number of pyridine rings is 1. The van der Waals surface area contributed by atoms with Gasteiger partial charge in [0, 0.05) is 28.9 Å². The molecular formula is C17H14ClN3O2. The third kappa shape index (κ3) is 3.68. The van der Waals surface area contributed by atoms with Crippen LogP contribution in [-0.2, 0) is 4.79 Å². The summed E-state index contributed by atoms with van der Waals surface area (Å²) in [5, 5.41) is 22.0. The molecule has 2 rings (SSSR count). The first kappa shape index (κ1) is 16.5. The fourth-order valence-electron chi connectivity index (χ4n) is 2.15. The molecule has 0 unspecified atom stereocenters. The van der Waals surface area contributed by atoms with Crippen LogP contribution in [0.15, 0.2) is 48.2 Å². The van der Waals surface area contributed by atoms with Crippen molar-refractivity contribution >= 4 is 23.3 Å². The minimum Gasteiger partial charge on any atom is -0.477 e. The Morgan fingerprint density at radius 1 is 1.35 bits per heavy atom. The molecule has 0 aliphatic heterocycles. The van der Waals surface area contributed by atoms with E-state index >= 15 is 0 Å². The first-order valence-electron chi connectivity index (χ1n) is 6.91. The van der Waals surface area contributed by atoms with E-state index in [9.17, 15) is 15.2 Å². The molecule has 6 heteroatoms. The van der Waals surface area contributed by atoms with Crippen LogP contribution in [0.1, 0.15) is 12.5 Å². The first-order chi connectivity index (χ1) is 11.1. The number of hydrogen-bond donors (Lipinski definition) is 2. The van der Waals surface area contributed by atoms with Crippen LogP contribution in [0.5, 0.6) is 0 Å². The zero-order valence-corrected chi connectivity index (χ0v) is 13.1. The Labute approximate surface area is 138 Å². The lowest BCUT2D eigenvalue weighted by molar-refractivity contribution is -0.132. The average molecular weight is 328 g/mol. The Morgan fingerprint density at radius 2 is 2.04 bits per heavy atom. The van der Waals surface area contributed by atoms with Gasteiger partial charge >= 0.3 is 5.97 Å². The Morgan fingerprint density at radius 3 is 2.61 bits per heavy atom. The fourth-order valence-corrected chi connectivity index (χ4v) is 2.28. The molecule has 1 aromatic heterocycles. The number of aromatic nitrogens is 1. The Hall–Kier alpha value is -2.84. The Balaban J connectivity index is 2.69. The monoisotopic (exact) mass is 327 g/mol. The van der Waals surface area contributed by atoms with Crippen molar-refractivity contribution in [1.29, 1.82) is 5.26 Å². The summed E-state index contributed by atoms with van der Waals surface area (Å²) in [5.41, 5.74) is 1.81.